The summed E-state index contributed by atoms with van der Waals surface area (Å²) in [6, 6.07) is 5.67. The summed E-state index contributed by atoms with van der Waals surface area (Å²) in [5.41, 5.74) is 0.494. The van der Waals surface area contributed by atoms with E-state index in [1.165, 1.54) is 0 Å². The number of hydrogen-bond acceptors (Lipinski definition) is 5. The first-order chi connectivity index (χ1) is 11.2. The molecule has 4 fully saturated rings. The van der Waals surface area contributed by atoms with Gasteiger partial charge >= 0.3 is 6.09 Å². The Morgan fingerprint density at radius 3 is 2.50 bits per heavy atom. The van der Waals surface area contributed by atoms with Crippen LogP contribution in [0.2, 0.25) is 0 Å². The van der Waals surface area contributed by atoms with Crippen molar-refractivity contribution in [3.8, 4) is 11.5 Å². The van der Waals surface area contributed by atoms with Crippen molar-refractivity contribution in [3.63, 3.8) is 0 Å². The van der Waals surface area contributed by atoms with Crippen molar-refractivity contribution in [2.24, 2.45) is 5.92 Å². The summed E-state index contributed by atoms with van der Waals surface area (Å²) in [6.07, 6.45) is 2.01. The number of nitrogens with zero attached hydrogens (tertiary/aromatic N) is 2. The van der Waals surface area contributed by atoms with E-state index in [4.69, 9.17) is 14.2 Å². The van der Waals surface area contributed by atoms with Crippen LogP contribution in [-0.2, 0) is 4.74 Å². The minimum Gasteiger partial charge on any atom is -0.486 e. The Bertz CT molecular complexity index is 662. The van der Waals surface area contributed by atoms with Gasteiger partial charge in [-0.1, -0.05) is 0 Å². The molecule has 1 aromatic rings. The van der Waals surface area contributed by atoms with Crippen LogP contribution in [0.25, 0.3) is 0 Å². The topological polar surface area (TPSA) is 51.2 Å². The number of ether oxygens (including phenoxy) is 3. The number of benzene rings is 1. The monoisotopic (exact) mass is 352 g/mol. The molecule has 1 amide bonds. The molecule has 0 radical (unpaired) electrons. The number of amides is 1. The Morgan fingerprint density at radius 2 is 1.79 bits per heavy atom. The fourth-order valence-corrected chi connectivity index (χ4v) is 4.41. The zero-order valence-corrected chi connectivity index (χ0v) is 14.2. The van der Waals surface area contributed by atoms with Gasteiger partial charge in [0.05, 0.1) is 12.2 Å². The molecular formula is C17H21ClN2O4. The van der Waals surface area contributed by atoms with Crippen LogP contribution in [-0.4, -0.2) is 56.0 Å². The van der Waals surface area contributed by atoms with Gasteiger partial charge in [0, 0.05) is 18.5 Å². The molecule has 6 rings (SSSR count). The van der Waals surface area contributed by atoms with E-state index in [2.05, 4.69) is 4.90 Å². The van der Waals surface area contributed by atoms with E-state index in [0.29, 0.717) is 31.4 Å². The predicted molar refractivity (Wildman–Crippen MR) is 90.4 cm³/mol. The molecule has 1 aromatic carbocycles. The zero-order chi connectivity index (χ0) is 15.4. The van der Waals surface area contributed by atoms with E-state index in [9.17, 15) is 4.79 Å². The maximum atomic E-state index is 12.5. The fraction of sp³-hybridized carbons (Fsp3) is 0.588. The fourth-order valence-electron chi connectivity index (χ4n) is 4.41. The third kappa shape index (κ3) is 2.31. The van der Waals surface area contributed by atoms with Gasteiger partial charge in [0.2, 0.25) is 0 Å². The lowest BCUT2D eigenvalue weighted by Gasteiger charge is -2.49. The van der Waals surface area contributed by atoms with Crippen molar-refractivity contribution >= 4 is 24.2 Å². The molecule has 0 aromatic heterocycles. The maximum Gasteiger partial charge on any atom is 0.415 e. The third-order valence-electron chi connectivity index (χ3n) is 5.60. The molecule has 0 N–H and O–H groups in total. The van der Waals surface area contributed by atoms with Crippen LogP contribution in [0.4, 0.5) is 10.5 Å². The van der Waals surface area contributed by atoms with Crippen LogP contribution in [0.5, 0.6) is 11.5 Å². The van der Waals surface area contributed by atoms with Crippen molar-refractivity contribution < 1.29 is 19.0 Å². The third-order valence-corrected chi connectivity index (χ3v) is 5.60. The standard InChI is InChI=1S/C17H20N2O4.ClH/c20-16-19(13-1-2-14-15(9-13)22-8-7-21-14)11-17(23-16)10-18-5-3-12(17)4-6-18;/h1-2,9,12H,3-8,10-11H2;1H/t17-;/m1./s1. The van der Waals surface area contributed by atoms with Gasteiger partial charge < -0.3 is 14.2 Å². The van der Waals surface area contributed by atoms with Crippen molar-refractivity contribution in [1.82, 2.24) is 4.90 Å². The van der Waals surface area contributed by atoms with Crippen molar-refractivity contribution in [3.05, 3.63) is 18.2 Å². The maximum absolute atomic E-state index is 12.5. The van der Waals surface area contributed by atoms with Crippen LogP contribution in [0.1, 0.15) is 12.8 Å². The molecular weight excluding hydrogens is 332 g/mol. The summed E-state index contributed by atoms with van der Waals surface area (Å²) < 4.78 is 17.1. The number of rotatable bonds is 1. The number of anilines is 1. The molecule has 6 nitrogen and oxygen atoms in total. The van der Waals surface area contributed by atoms with E-state index in [1.807, 2.05) is 18.2 Å². The van der Waals surface area contributed by atoms with Crippen LogP contribution in [0, 0.1) is 5.92 Å². The van der Waals surface area contributed by atoms with E-state index >= 15 is 0 Å². The highest BCUT2D eigenvalue weighted by Gasteiger charge is 2.55. The molecule has 1 spiro atoms. The quantitative estimate of drug-likeness (QED) is 0.776. The van der Waals surface area contributed by atoms with E-state index < -0.39 is 0 Å². The zero-order valence-electron chi connectivity index (χ0n) is 13.4. The van der Waals surface area contributed by atoms with E-state index in [-0.39, 0.29) is 24.1 Å². The molecule has 5 heterocycles. The highest BCUT2D eigenvalue weighted by atomic mass is 35.5. The Morgan fingerprint density at radius 1 is 1.04 bits per heavy atom. The second kappa shape index (κ2) is 5.70. The van der Waals surface area contributed by atoms with Crippen molar-refractivity contribution in [1.29, 1.82) is 0 Å². The summed E-state index contributed by atoms with van der Waals surface area (Å²) in [7, 11) is 0. The lowest BCUT2D eigenvalue weighted by Crippen LogP contribution is -2.61. The van der Waals surface area contributed by atoms with Crippen molar-refractivity contribution in [2.75, 3.05) is 44.3 Å². The number of halogens is 1. The van der Waals surface area contributed by atoms with Gasteiger partial charge in [0.25, 0.3) is 0 Å². The first-order valence-electron chi connectivity index (χ1n) is 8.36. The average molecular weight is 353 g/mol. The summed E-state index contributed by atoms with van der Waals surface area (Å²) in [5, 5.41) is 0. The highest BCUT2D eigenvalue weighted by Crippen LogP contribution is 2.44. The second-order valence-corrected chi connectivity index (χ2v) is 6.90. The van der Waals surface area contributed by atoms with E-state index in [1.54, 1.807) is 4.90 Å². The van der Waals surface area contributed by atoms with Crippen LogP contribution < -0.4 is 14.4 Å². The van der Waals surface area contributed by atoms with Gasteiger partial charge in [-0.15, -0.1) is 12.4 Å². The lowest BCUT2D eigenvalue weighted by atomic mass is 9.75. The first-order valence-corrected chi connectivity index (χ1v) is 8.36. The average Bonchev–Trinajstić information content (AvgIpc) is 2.91. The number of piperidine rings is 3. The lowest BCUT2D eigenvalue weighted by molar-refractivity contribution is -0.0881. The van der Waals surface area contributed by atoms with Gasteiger partial charge in [-0.25, -0.2) is 4.79 Å². The number of fused-ring (bicyclic) bond motifs is 3. The molecule has 2 bridgehead atoms. The van der Waals surface area contributed by atoms with Crippen LogP contribution in [0.3, 0.4) is 0 Å². The number of carbonyl (C=O) groups excluding carboxylic acids is 1. The number of carbonyl (C=O) groups is 1. The first kappa shape index (κ1) is 15.8. The molecule has 5 aliphatic rings. The molecule has 0 aliphatic carbocycles. The van der Waals surface area contributed by atoms with Gasteiger partial charge in [-0.2, -0.15) is 0 Å². The SMILES string of the molecule is Cl.O=C1O[C@]2(CN3CCC2CC3)CN1c1ccc2c(c1)OCCO2. The van der Waals surface area contributed by atoms with Crippen LogP contribution >= 0.6 is 12.4 Å². The van der Waals surface area contributed by atoms with Gasteiger partial charge in [0.1, 0.15) is 18.8 Å². The molecule has 5 aliphatic heterocycles. The molecule has 24 heavy (non-hydrogen) atoms. The molecule has 0 saturated carbocycles. The Kier molecular flexibility index (Phi) is 3.77. The van der Waals surface area contributed by atoms with E-state index in [0.717, 1.165) is 43.9 Å². The molecule has 4 saturated heterocycles. The Hall–Kier alpha value is -1.66. The summed E-state index contributed by atoms with van der Waals surface area (Å²) in [5.74, 6) is 1.93. The van der Waals surface area contributed by atoms with Gasteiger partial charge in [-0.05, 0) is 38.1 Å². The smallest absolute Gasteiger partial charge is 0.415 e. The molecule has 0 unspecified atom stereocenters. The minimum atomic E-state index is -0.332. The molecule has 7 heteroatoms. The Balaban J connectivity index is 0.00000146. The Labute approximate surface area is 147 Å². The van der Waals surface area contributed by atoms with Gasteiger partial charge in [0.15, 0.2) is 11.5 Å². The predicted octanol–water partition coefficient (Wildman–Crippen LogP) is 2.30. The number of hydrogen-bond donors (Lipinski definition) is 0. The largest absolute Gasteiger partial charge is 0.486 e. The molecule has 130 valence electrons. The summed E-state index contributed by atoms with van der Waals surface area (Å²) in [4.78, 5) is 16.7. The highest BCUT2D eigenvalue weighted by molar-refractivity contribution is 5.91. The van der Waals surface area contributed by atoms with Gasteiger partial charge in [-0.3, -0.25) is 9.80 Å². The minimum absolute atomic E-state index is 0. The summed E-state index contributed by atoms with van der Waals surface area (Å²) >= 11 is 0. The van der Waals surface area contributed by atoms with Crippen LogP contribution in [0.15, 0.2) is 18.2 Å². The second-order valence-electron chi connectivity index (χ2n) is 6.90. The normalized spacial score (nSPS) is 33.3. The summed E-state index contributed by atoms with van der Waals surface area (Å²) in [6.45, 7) is 4.87. The molecule has 1 atom stereocenters. The van der Waals surface area contributed by atoms with Crippen molar-refractivity contribution in [2.45, 2.75) is 18.4 Å².